The van der Waals surface area contributed by atoms with Crippen molar-refractivity contribution < 1.29 is 18.0 Å². The number of nitrogens with one attached hydrogen (secondary N) is 1. The molecule has 1 aliphatic rings. The summed E-state index contributed by atoms with van der Waals surface area (Å²) in [4.78, 5) is 11.8. The highest BCUT2D eigenvalue weighted by atomic mass is 35.5. The van der Waals surface area contributed by atoms with Crippen molar-refractivity contribution in [1.29, 1.82) is 0 Å². The Morgan fingerprint density at radius 2 is 1.63 bits per heavy atom. The zero-order valence-electron chi connectivity index (χ0n) is 10.1. The van der Waals surface area contributed by atoms with E-state index in [-0.39, 0.29) is 17.0 Å². The van der Waals surface area contributed by atoms with Crippen molar-refractivity contribution in [3.63, 3.8) is 0 Å². The predicted molar refractivity (Wildman–Crippen MR) is 65.7 cm³/mol. The van der Waals surface area contributed by atoms with Gasteiger partial charge in [0.2, 0.25) is 0 Å². The zero-order chi connectivity index (χ0) is 14.0. The van der Waals surface area contributed by atoms with Crippen LogP contribution in [0.1, 0.15) is 36.0 Å². The molecule has 0 atom stereocenters. The molecule has 2 rings (SSSR count). The van der Waals surface area contributed by atoms with Gasteiger partial charge >= 0.3 is 0 Å². The third-order valence-electron chi connectivity index (χ3n) is 3.24. The Hall–Kier alpha value is -1.23. The van der Waals surface area contributed by atoms with Crippen molar-refractivity contribution >= 4 is 17.5 Å². The lowest BCUT2D eigenvalue weighted by molar-refractivity contribution is 0.0926. The quantitative estimate of drug-likeness (QED) is 0.657. The van der Waals surface area contributed by atoms with Gasteiger partial charge in [0.15, 0.2) is 17.5 Å². The van der Waals surface area contributed by atoms with E-state index in [1.807, 2.05) is 0 Å². The number of benzene rings is 1. The van der Waals surface area contributed by atoms with E-state index in [0.29, 0.717) is 12.1 Å². The van der Waals surface area contributed by atoms with E-state index >= 15 is 0 Å². The Bertz CT molecular complexity index is 464. The van der Waals surface area contributed by atoms with E-state index in [4.69, 9.17) is 11.6 Å². The lowest BCUT2D eigenvalue weighted by Gasteiger charge is -2.25. The molecule has 1 N–H and O–H groups in total. The first-order valence-corrected chi connectivity index (χ1v) is 6.50. The maximum absolute atomic E-state index is 13.0. The Morgan fingerprint density at radius 1 is 1.11 bits per heavy atom. The number of halogens is 4. The standard InChI is InChI=1S/C13H13ClF3NO/c14-8-1-3-9(4-2-8)18-13(19)7-5-10(15)12(17)11(16)6-7/h5-6,8-9H,1-4H2,(H,18,19). The number of rotatable bonds is 2. The first-order valence-electron chi connectivity index (χ1n) is 6.07. The molecule has 0 saturated heterocycles. The molecule has 2 nitrogen and oxygen atoms in total. The van der Waals surface area contributed by atoms with Gasteiger partial charge in [-0.3, -0.25) is 4.79 Å². The molecule has 1 aromatic rings. The first-order chi connectivity index (χ1) is 8.97. The van der Waals surface area contributed by atoms with E-state index in [0.717, 1.165) is 25.7 Å². The van der Waals surface area contributed by atoms with Crippen molar-refractivity contribution in [1.82, 2.24) is 5.32 Å². The van der Waals surface area contributed by atoms with Crippen molar-refractivity contribution in [3.8, 4) is 0 Å². The number of hydrogen-bond acceptors (Lipinski definition) is 1. The number of carbonyl (C=O) groups excluding carboxylic acids is 1. The molecule has 1 aliphatic carbocycles. The topological polar surface area (TPSA) is 29.1 Å². The fourth-order valence-electron chi connectivity index (χ4n) is 2.15. The van der Waals surface area contributed by atoms with E-state index < -0.39 is 23.4 Å². The fraction of sp³-hybridized carbons (Fsp3) is 0.462. The van der Waals surface area contributed by atoms with Crippen LogP contribution < -0.4 is 5.32 Å². The van der Waals surface area contributed by atoms with E-state index in [1.54, 1.807) is 0 Å². The normalized spacial score (nSPS) is 23.2. The maximum Gasteiger partial charge on any atom is 0.251 e. The molecule has 1 saturated carbocycles. The molecule has 1 fully saturated rings. The van der Waals surface area contributed by atoms with Gasteiger partial charge in [-0.1, -0.05) is 0 Å². The molecule has 0 aromatic heterocycles. The van der Waals surface area contributed by atoms with Crippen LogP contribution in [0.4, 0.5) is 13.2 Å². The van der Waals surface area contributed by atoms with Crippen LogP contribution in [0.15, 0.2) is 12.1 Å². The highest BCUT2D eigenvalue weighted by molar-refractivity contribution is 6.20. The van der Waals surface area contributed by atoms with Crippen molar-refractivity contribution in [2.45, 2.75) is 37.1 Å². The van der Waals surface area contributed by atoms with Gasteiger partial charge in [-0.25, -0.2) is 13.2 Å². The Kier molecular flexibility index (Phi) is 4.34. The summed E-state index contributed by atoms with van der Waals surface area (Å²) in [6.07, 6.45) is 3.04. The molecule has 6 heteroatoms. The van der Waals surface area contributed by atoms with E-state index in [1.165, 1.54) is 0 Å². The predicted octanol–water partition coefficient (Wildman–Crippen LogP) is 3.38. The van der Waals surface area contributed by atoms with Crippen LogP contribution in [0.5, 0.6) is 0 Å². The number of carbonyl (C=O) groups is 1. The minimum absolute atomic E-state index is 0.0568. The van der Waals surface area contributed by atoms with Gasteiger partial charge in [-0.15, -0.1) is 11.6 Å². The molecular formula is C13H13ClF3NO. The summed E-state index contributed by atoms with van der Waals surface area (Å²) in [7, 11) is 0. The van der Waals surface area contributed by atoms with Crippen molar-refractivity contribution in [3.05, 3.63) is 35.1 Å². The van der Waals surface area contributed by atoms with Gasteiger partial charge in [-0.2, -0.15) is 0 Å². The van der Waals surface area contributed by atoms with Crippen LogP contribution in [-0.4, -0.2) is 17.3 Å². The minimum atomic E-state index is -1.57. The van der Waals surface area contributed by atoms with Crippen LogP contribution in [0.25, 0.3) is 0 Å². The van der Waals surface area contributed by atoms with Gasteiger partial charge in [0.05, 0.1) is 0 Å². The highest BCUT2D eigenvalue weighted by Crippen LogP contribution is 2.23. The summed E-state index contributed by atoms with van der Waals surface area (Å²) in [5.41, 5.74) is -0.218. The van der Waals surface area contributed by atoms with Crippen molar-refractivity contribution in [2.75, 3.05) is 0 Å². The van der Waals surface area contributed by atoms with Crippen LogP contribution >= 0.6 is 11.6 Å². The molecule has 19 heavy (non-hydrogen) atoms. The maximum atomic E-state index is 13.0. The average Bonchev–Trinajstić information content (AvgIpc) is 2.38. The lowest BCUT2D eigenvalue weighted by Crippen LogP contribution is -2.37. The van der Waals surface area contributed by atoms with Gasteiger partial charge < -0.3 is 5.32 Å². The van der Waals surface area contributed by atoms with E-state index in [2.05, 4.69) is 5.32 Å². The highest BCUT2D eigenvalue weighted by Gasteiger charge is 2.22. The Labute approximate surface area is 113 Å². The van der Waals surface area contributed by atoms with Crippen LogP contribution in [0, 0.1) is 17.5 Å². The zero-order valence-corrected chi connectivity index (χ0v) is 10.8. The molecule has 0 heterocycles. The largest absolute Gasteiger partial charge is 0.349 e. The Morgan fingerprint density at radius 3 is 2.16 bits per heavy atom. The monoisotopic (exact) mass is 291 g/mol. The molecular weight excluding hydrogens is 279 g/mol. The fourth-order valence-corrected chi connectivity index (χ4v) is 2.40. The molecule has 1 amide bonds. The third-order valence-corrected chi connectivity index (χ3v) is 3.67. The molecule has 1 aromatic carbocycles. The van der Waals surface area contributed by atoms with Crippen LogP contribution in [0.2, 0.25) is 0 Å². The second-order valence-electron chi connectivity index (χ2n) is 4.68. The number of amides is 1. The molecule has 0 aliphatic heterocycles. The van der Waals surface area contributed by atoms with Gasteiger partial charge in [0.25, 0.3) is 5.91 Å². The van der Waals surface area contributed by atoms with Crippen LogP contribution in [-0.2, 0) is 0 Å². The first kappa shape index (κ1) is 14.2. The summed E-state index contributed by atoms with van der Waals surface area (Å²) in [6.45, 7) is 0. The van der Waals surface area contributed by atoms with Gasteiger partial charge in [0.1, 0.15) is 0 Å². The molecule has 104 valence electrons. The van der Waals surface area contributed by atoms with Gasteiger partial charge in [0, 0.05) is 17.0 Å². The second kappa shape index (κ2) is 5.82. The lowest BCUT2D eigenvalue weighted by atomic mass is 9.95. The number of hydrogen-bond donors (Lipinski definition) is 1. The van der Waals surface area contributed by atoms with Crippen LogP contribution in [0.3, 0.4) is 0 Å². The molecule has 0 radical (unpaired) electrons. The summed E-state index contributed by atoms with van der Waals surface area (Å²) in [6, 6.07) is 1.33. The average molecular weight is 292 g/mol. The Balaban J connectivity index is 2.04. The summed E-state index contributed by atoms with van der Waals surface area (Å²) < 4.78 is 38.8. The summed E-state index contributed by atoms with van der Waals surface area (Å²) in [5.74, 6) is -4.90. The minimum Gasteiger partial charge on any atom is -0.349 e. The van der Waals surface area contributed by atoms with Crippen molar-refractivity contribution in [2.24, 2.45) is 0 Å². The summed E-state index contributed by atoms with van der Waals surface area (Å²) >= 11 is 5.94. The third kappa shape index (κ3) is 3.41. The molecule has 0 bridgehead atoms. The SMILES string of the molecule is O=C(NC1CCC(Cl)CC1)c1cc(F)c(F)c(F)c1. The second-order valence-corrected chi connectivity index (χ2v) is 5.29. The van der Waals surface area contributed by atoms with E-state index in [9.17, 15) is 18.0 Å². The smallest absolute Gasteiger partial charge is 0.251 e. The summed E-state index contributed by atoms with van der Waals surface area (Å²) in [5, 5.41) is 2.80. The molecule has 0 unspecified atom stereocenters. The molecule has 0 spiro atoms. The number of alkyl halides is 1. The van der Waals surface area contributed by atoms with Gasteiger partial charge in [-0.05, 0) is 37.8 Å².